The van der Waals surface area contributed by atoms with Crippen LogP contribution in [0.25, 0.3) is 0 Å². The zero-order valence-electron chi connectivity index (χ0n) is 14.7. The van der Waals surface area contributed by atoms with E-state index in [1.54, 1.807) is 36.4 Å². The van der Waals surface area contributed by atoms with E-state index in [9.17, 15) is 13.2 Å². The number of benzene rings is 2. The van der Waals surface area contributed by atoms with Gasteiger partial charge in [-0.3, -0.25) is 4.72 Å². The molecule has 1 aliphatic carbocycles. The zero-order chi connectivity index (χ0) is 18.6. The standard InChI is InChI=1S/C19H23N3O3S/c1-2-3-14-4-12-18(13-5-14)26(24,25)22-17-10-8-16(9-11-17)21-19(23)20-15-6-7-15/h4-5,8-13,15,22H,2-3,6-7H2,1H3,(H2,20,21,23). The summed E-state index contributed by atoms with van der Waals surface area (Å²) in [6.07, 6.45) is 3.99. The van der Waals surface area contributed by atoms with Gasteiger partial charge in [-0.05, 0) is 61.2 Å². The van der Waals surface area contributed by atoms with Crippen molar-refractivity contribution in [1.82, 2.24) is 5.32 Å². The zero-order valence-corrected chi connectivity index (χ0v) is 15.5. The Balaban J connectivity index is 1.62. The number of hydrogen-bond donors (Lipinski definition) is 3. The Morgan fingerprint density at radius 2 is 1.62 bits per heavy atom. The first-order chi connectivity index (χ1) is 12.5. The molecule has 2 aromatic rings. The van der Waals surface area contributed by atoms with Gasteiger partial charge in [0.05, 0.1) is 4.90 Å². The molecule has 3 N–H and O–H groups in total. The first-order valence-electron chi connectivity index (χ1n) is 8.75. The third-order valence-corrected chi connectivity index (χ3v) is 5.48. The Morgan fingerprint density at radius 1 is 1.00 bits per heavy atom. The molecule has 2 aromatic carbocycles. The molecule has 6 nitrogen and oxygen atoms in total. The molecule has 0 heterocycles. The molecular formula is C19H23N3O3S. The topological polar surface area (TPSA) is 87.3 Å². The molecule has 0 bridgehead atoms. The van der Waals surface area contributed by atoms with Crippen LogP contribution in [-0.2, 0) is 16.4 Å². The number of carbonyl (C=O) groups is 1. The normalized spacial score (nSPS) is 13.9. The largest absolute Gasteiger partial charge is 0.335 e. The van der Waals surface area contributed by atoms with Crippen LogP contribution in [0, 0.1) is 0 Å². The summed E-state index contributed by atoms with van der Waals surface area (Å²) < 4.78 is 27.5. The van der Waals surface area contributed by atoms with Crippen LogP contribution in [0.4, 0.5) is 16.2 Å². The number of carbonyl (C=O) groups excluding carboxylic acids is 1. The van der Waals surface area contributed by atoms with Crippen LogP contribution in [-0.4, -0.2) is 20.5 Å². The SMILES string of the molecule is CCCc1ccc(S(=O)(=O)Nc2ccc(NC(=O)NC3CC3)cc2)cc1. The minimum absolute atomic E-state index is 0.225. The van der Waals surface area contributed by atoms with Crippen molar-refractivity contribution in [3.8, 4) is 0 Å². The van der Waals surface area contributed by atoms with Gasteiger partial charge in [0, 0.05) is 17.4 Å². The lowest BCUT2D eigenvalue weighted by molar-refractivity contribution is 0.251. The van der Waals surface area contributed by atoms with Gasteiger partial charge in [-0.2, -0.15) is 0 Å². The van der Waals surface area contributed by atoms with Crippen molar-refractivity contribution < 1.29 is 13.2 Å². The minimum atomic E-state index is -3.64. The van der Waals surface area contributed by atoms with Crippen LogP contribution in [0.3, 0.4) is 0 Å². The summed E-state index contributed by atoms with van der Waals surface area (Å²) in [6, 6.07) is 13.5. The molecule has 1 saturated carbocycles. The average molecular weight is 373 g/mol. The van der Waals surface area contributed by atoms with Crippen LogP contribution < -0.4 is 15.4 Å². The summed E-state index contributed by atoms with van der Waals surface area (Å²) in [6.45, 7) is 2.08. The highest BCUT2D eigenvalue weighted by Crippen LogP contribution is 2.21. The fourth-order valence-corrected chi connectivity index (χ4v) is 3.60. The molecule has 0 unspecified atom stereocenters. The Hall–Kier alpha value is -2.54. The van der Waals surface area contributed by atoms with E-state index in [1.165, 1.54) is 0 Å². The molecule has 7 heteroatoms. The first kappa shape index (κ1) is 18.3. The van der Waals surface area contributed by atoms with Crippen molar-refractivity contribution in [1.29, 1.82) is 0 Å². The van der Waals surface area contributed by atoms with E-state index in [0.717, 1.165) is 31.2 Å². The van der Waals surface area contributed by atoms with Crippen molar-refractivity contribution >= 4 is 27.4 Å². The lowest BCUT2D eigenvalue weighted by Gasteiger charge is -2.10. The number of amides is 2. The van der Waals surface area contributed by atoms with Gasteiger partial charge in [0.15, 0.2) is 0 Å². The number of hydrogen-bond acceptors (Lipinski definition) is 3. The Morgan fingerprint density at radius 3 is 2.19 bits per heavy atom. The predicted molar refractivity (Wildman–Crippen MR) is 103 cm³/mol. The molecule has 0 saturated heterocycles. The van der Waals surface area contributed by atoms with Gasteiger partial charge in [-0.25, -0.2) is 13.2 Å². The van der Waals surface area contributed by atoms with E-state index in [4.69, 9.17) is 0 Å². The van der Waals surface area contributed by atoms with Crippen LogP contribution in [0.5, 0.6) is 0 Å². The van der Waals surface area contributed by atoms with Gasteiger partial charge in [0.2, 0.25) is 0 Å². The molecule has 0 spiro atoms. The van der Waals surface area contributed by atoms with E-state index >= 15 is 0 Å². The molecular weight excluding hydrogens is 350 g/mol. The highest BCUT2D eigenvalue weighted by atomic mass is 32.2. The maximum Gasteiger partial charge on any atom is 0.319 e. The Kier molecular flexibility index (Phi) is 5.46. The number of urea groups is 1. The van der Waals surface area contributed by atoms with Crippen molar-refractivity contribution in [2.24, 2.45) is 0 Å². The second-order valence-corrected chi connectivity index (χ2v) is 8.13. The average Bonchev–Trinajstić information content (AvgIpc) is 3.41. The number of sulfonamides is 1. The number of nitrogens with one attached hydrogen (secondary N) is 3. The molecule has 2 amide bonds. The van der Waals surface area contributed by atoms with Gasteiger partial charge < -0.3 is 10.6 Å². The molecule has 0 radical (unpaired) electrons. The summed E-state index contributed by atoms with van der Waals surface area (Å²) >= 11 is 0. The van der Waals surface area contributed by atoms with E-state index in [1.807, 2.05) is 12.1 Å². The van der Waals surface area contributed by atoms with Crippen LogP contribution in [0.1, 0.15) is 31.7 Å². The predicted octanol–water partition coefficient (Wildman–Crippen LogP) is 3.72. The fraction of sp³-hybridized carbons (Fsp3) is 0.316. The van der Waals surface area contributed by atoms with Crippen LogP contribution in [0.15, 0.2) is 53.4 Å². The number of aryl methyl sites for hydroxylation is 1. The molecule has 26 heavy (non-hydrogen) atoms. The molecule has 3 rings (SSSR count). The van der Waals surface area contributed by atoms with E-state index < -0.39 is 10.0 Å². The van der Waals surface area contributed by atoms with Gasteiger partial charge in [0.1, 0.15) is 0 Å². The third kappa shape index (κ3) is 4.98. The van der Waals surface area contributed by atoms with E-state index in [0.29, 0.717) is 11.4 Å². The van der Waals surface area contributed by atoms with Crippen LogP contribution in [0.2, 0.25) is 0 Å². The van der Waals surface area contributed by atoms with Gasteiger partial charge in [0.25, 0.3) is 10.0 Å². The highest BCUT2D eigenvalue weighted by molar-refractivity contribution is 7.92. The first-order valence-corrected chi connectivity index (χ1v) is 10.2. The smallest absolute Gasteiger partial charge is 0.319 e. The number of rotatable bonds is 7. The maximum absolute atomic E-state index is 12.5. The van der Waals surface area contributed by atoms with Gasteiger partial charge in [-0.15, -0.1) is 0 Å². The molecule has 138 valence electrons. The lowest BCUT2D eigenvalue weighted by Crippen LogP contribution is -2.30. The summed E-state index contributed by atoms with van der Waals surface area (Å²) in [5.41, 5.74) is 2.16. The van der Waals surface area contributed by atoms with E-state index in [-0.39, 0.29) is 17.0 Å². The van der Waals surface area contributed by atoms with Crippen molar-refractivity contribution in [2.75, 3.05) is 10.0 Å². The molecule has 0 aliphatic heterocycles. The Labute approximate surface area is 154 Å². The molecule has 1 fully saturated rings. The van der Waals surface area contributed by atoms with E-state index in [2.05, 4.69) is 22.3 Å². The molecule has 1 aliphatic rings. The minimum Gasteiger partial charge on any atom is -0.335 e. The van der Waals surface area contributed by atoms with Crippen molar-refractivity contribution in [3.05, 3.63) is 54.1 Å². The third-order valence-electron chi connectivity index (χ3n) is 4.08. The van der Waals surface area contributed by atoms with Gasteiger partial charge in [-0.1, -0.05) is 25.5 Å². The number of anilines is 2. The summed E-state index contributed by atoms with van der Waals surface area (Å²) in [5, 5.41) is 5.55. The molecule has 0 atom stereocenters. The molecule has 0 aromatic heterocycles. The second kappa shape index (κ2) is 7.78. The lowest BCUT2D eigenvalue weighted by atomic mass is 10.1. The summed E-state index contributed by atoms with van der Waals surface area (Å²) in [5.74, 6) is 0. The highest BCUT2D eigenvalue weighted by Gasteiger charge is 2.23. The fourth-order valence-electron chi connectivity index (χ4n) is 2.54. The monoisotopic (exact) mass is 373 g/mol. The Bertz CT molecular complexity index is 858. The maximum atomic E-state index is 12.5. The quantitative estimate of drug-likeness (QED) is 0.691. The van der Waals surface area contributed by atoms with Crippen LogP contribution >= 0.6 is 0 Å². The van der Waals surface area contributed by atoms with Crippen molar-refractivity contribution in [3.63, 3.8) is 0 Å². The summed E-state index contributed by atoms with van der Waals surface area (Å²) in [7, 11) is -3.64. The summed E-state index contributed by atoms with van der Waals surface area (Å²) in [4.78, 5) is 11.9. The van der Waals surface area contributed by atoms with Gasteiger partial charge >= 0.3 is 6.03 Å². The second-order valence-electron chi connectivity index (χ2n) is 6.45. The van der Waals surface area contributed by atoms with Crippen molar-refractivity contribution in [2.45, 2.75) is 43.5 Å².